The normalized spacial score (nSPS) is 12.6. The monoisotopic (exact) mass is 235 g/mol. The van der Waals surface area contributed by atoms with E-state index in [1.165, 1.54) is 0 Å². The fourth-order valence-electron chi connectivity index (χ4n) is 1.64. The third-order valence-electron chi connectivity index (χ3n) is 2.58. The number of ether oxygens (including phenoxy) is 1. The molecule has 17 heavy (non-hydrogen) atoms. The number of carboxylic acid groups (broad SMARTS) is 1. The van der Waals surface area contributed by atoms with Gasteiger partial charge < -0.3 is 20.6 Å². The Morgan fingerprint density at radius 2 is 2.47 bits per heavy atom. The molecule has 90 valence electrons. The average Bonchev–Trinajstić information content (AvgIpc) is 2.71. The molecule has 6 nitrogen and oxygen atoms in total. The summed E-state index contributed by atoms with van der Waals surface area (Å²) in [6.07, 6.45) is 3.57. The Hall–Kier alpha value is -2.08. The van der Waals surface area contributed by atoms with Crippen LogP contribution in [0, 0.1) is 0 Å². The van der Waals surface area contributed by atoms with Crippen molar-refractivity contribution in [2.24, 2.45) is 5.73 Å². The summed E-state index contributed by atoms with van der Waals surface area (Å²) < 4.78 is 5.08. The maximum absolute atomic E-state index is 10.7. The molecule has 0 bridgehead atoms. The van der Waals surface area contributed by atoms with Crippen LogP contribution in [0.5, 0.6) is 5.75 Å². The van der Waals surface area contributed by atoms with Crippen molar-refractivity contribution in [2.45, 2.75) is 12.5 Å². The summed E-state index contributed by atoms with van der Waals surface area (Å²) in [6.45, 7) is 0. The number of carbonyl (C=O) groups is 1. The summed E-state index contributed by atoms with van der Waals surface area (Å²) in [5, 5.41) is 9.61. The lowest BCUT2D eigenvalue weighted by molar-refractivity contribution is -0.138. The van der Waals surface area contributed by atoms with Gasteiger partial charge in [-0.1, -0.05) is 0 Å². The van der Waals surface area contributed by atoms with Gasteiger partial charge in [-0.15, -0.1) is 0 Å². The second-order valence-electron chi connectivity index (χ2n) is 3.73. The second kappa shape index (κ2) is 4.42. The molecule has 0 spiro atoms. The number of rotatable bonds is 4. The lowest BCUT2D eigenvalue weighted by Gasteiger charge is -2.05. The topological polar surface area (TPSA) is 101 Å². The first-order chi connectivity index (χ1) is 8.11. The van der Waals surface area contributed by atoms with Gasteiger partial charge >= 0.3 is 5.97 Å². The third kappa shape index (κ3) is 2.21. The maximum Gasteiger partial charge on any atom is 0.320 e. The third-order valence-corrected chi connectivity index (χ3v) is 2.58. The number of carboxylic acids is 1. The van der Waals surface area contributed by atoms with Crippen LogP contribution in [-0.2, 0) is 11.2 Å². The molecule has 0 radical (unpaired) electrons. The van der Waals surface area contributed by atoms with Crippen molar-refractivity contribution in [3.8, 4) is 5.75 Å². The molecule has 0 aliphatic heterocycles. The molecule has 0 aliphatic carbocycles. The van der Waals surface area contributed by atoms with Gasteiger partial charge in [0, 0.05) is 18.0 Å². The van der Waals surface area contributed by atoms with Crippen molar-refractivity contribution in [2.75, 3.05) is 7.11 Å². The molecule has 0 aromatic carbocycles. The minimum atomic E-state index is -1.02. The smallest absolute Gasteiger partial charge is 0.320 e. The summed E-state index contributed by atoms with van der Waals surface area (Å²) >= 11 is 0. The second-order valence-corrected chi connectivity index (χ2v) is 3.73. The number of methoxy groups -OCH3 is 1. The van der Waals surface area contributed by atoms with Crippen molar-refractivity contribution in [1.82, 2.24) is 9.97 Å². The number of aliphatic carboxylic acids is 1. The molecule has 0 saturated carbocycles. The van der Waals surface area contributed by atoms with Gasteiger partial charge in [-0.2, -0.15) is 0 Å². The van der Waals surface area contributed by atoms with Gasteiger partial charge in [0.2, 0.25) is 0 Å². The molecule has 2 aromatic rings. The van der Waals surface area contributed by atoms with E-state index in [9.17, 15) is 4.79 Å². The lowest BCUT2D eigenvalue weighted by atomic mass is 10.1. The van der Waals surface area contributed by atoms with E-state index in [0.717, 1.165) is 10.9 Å². The Labute approximate surface area is 97.4 Å². The van der Waals surface area contributed by atoms with Crippen molar-refractivity contribution in [1.29, 1.82) is 0 Å². The molecule has 2 rings (SSSR count). The van der Waals surface area contributed by atoms with Crippen LogP contribution in [0.15, 0.2) is 18.5 Å². The number of nitrogens with zero attached hydrogens (tertiary/aromatic N) is 1. The Bertz CT molecular complexity index is 550. The fraction of sp³-hybridized carbons (Fsp3) is 0.273. The first-order valence-corrected chi connectivity index (χ1v) is 5.10. The molecule has 1 atom stereocenters. The summed E-state index contributed by atoms with van der Waals surface area (Å²) in [7, 11) is 1.55. The molecular formula is C11H13N3O3. The Kier molecular flexibility index (Phi) is 2.97. The van der Waals surface area contributed by atoms with Crippen molar-refractivity contribution in [3.63, 3.8) is 0 Å². The molecule has 4 N–H and O–H groups in total. The molecule has 0 unspecified atom stereocenters. The van der Waals surface area contributed by atoms with Crippen molar-refractivity contribution in [3.05, 3.63) is 24.0 Å². The fourth-order valence-corrected chi connectivity index (χ4v) is 1.64. The first-order valence-electron chi connectivity index (χ1n) is 5.10. The number of pyridine rings is 1. The number of aromatic nitrogens is 2. The van der Waals surface area contributed by atoms with E-state index in [2.05, 4.69) is 9.97 Å². The number of hydrogen-bond acceptors (Lipinski definition) is 4. The number of hydrogen-bond donors (Lipinski definition) is 3. The van der Waals surface area contributed by atoms with Crippen LogP contribution < -0.4 is 10.5 Å². The zero-order chi connectivity index (χ0) is 12.4. The van der Waals surface area contributed by atoms with E-state index in [0.29, 0.717) is 11.4 Å². The first kappa shape index (κ1) is 11.4. The Morgan fingerprint density at radius 1 is 1.71 bits per heavy atom. The molecule has 0 aliphatic rings. The van der Waals surface area contributed by atoms with Gasteiger partial charge in [0.25, 0.3) is 0 Å². The van der Waals surface area contributed by atoms with E-state index < -0.39 is 12.0 Å². The van der Waals surface area contributed by atoms with Crippen molar-refractivity contribution < 1.29 is 14.6 Å². The number of aromatic amines is 1. The highest BCUT2D eigenvalue weighted by atomic mass is 16.5. The van der Waals surface area contributed by atoms with Crippen LogP contribution >= 0.6 is 0 Å². The Morgan fingerprint density at radius 3 is 3.12 bits per heavy atom. The minimum Gasteiger partial charge on any atom is -0.495 e. The average molecular weight is 235 g/mol. The van der Waals surface area contributed by atoms with Gasteiger partial charge in [-0.25, -0.2) is 4.98 Å². The van der Waals surface area contributed by atoms with Crippen LogP contribution in [0.25, 0.3) is 11.0 Å². The van der Waals surface area contributed by atoms with Crippen LogP contribution in [0.4, 0.5) is 0 Å². The summed E-state index contributed by atoms with van der Waals surface area (Å²) in [6, 6.07) is 0.892. The van der Waals surface area contributed by atoms with Gasteiger partial charge in [0.15, 0.2) is 0 Å². The summed E-state index contributed by atoms with van der Waals surface area (Å²) in [5.41, 5.74) is 7.02. The molecular weight excluding hydrogens is 222 g/mol. The number of nitrogens with two attached hydrogens (primary N) is 1. The molecule has 2 heterocycles. The van der Waals surface area contributed by atoms with Crippen molar-refractivity contribution >= 4 is 17.0 Å². The predicted octanol–water partition coefficient (Wildman–Crippen LogP) is 0.526. The predicted molar refractivity (Wildman–Crippen MR) is 62.0 cm³/mol. The number of H-pyrrole nitrogens is 1. The van der Waals surface area contributed by atoms with Gasteiger partial charge in [-0.3, -0.25) is 4.79 Å². The molecule has 6 heteroatoms. The van der Waals surface area contributed by atoms with Crippen LogP contribution in [0.2, 0.25) is 0 Å². The number of fused-ring (bicyclic) bond motifs is 1. The minimum absolute atomic E-state index is 0.254. The zero-order valence-electron chi connectivity index (χ0n) is 9.30. The Balaban J connectivity index is 2.37. The lowest BCUT2D eigenvalue weighted by Crippen LogP contribution is -2.32. The highest BCUT2D eigenvalue weighted by Gasteiger charge is 2.15. The van der Waals surface area contributed by atoms with Crippen LogP contribution in [0.1, 0.15) is 5.56 Å². The van der Waals surface area contributed by atoms with Crippen LogP contribution in [-0.4, -0.2) is 34.2 Å². The standard InChI is InChI=1S/C11H13N3O3/c1-17-7-3-8-6(2-9(12)11(15)16)4-13-10(8)14-5-7/h3-5,9H,2,12H2,1H3,(H,13,14)(H,15,16)/t9-/m0/s1. The SMILES string of the molecule is COc1cnc2[nH]cc(C[C@H](N)C(=O)O)c2c1. The molecule has 0 fully saturated rings. The van der Waals surface area contributed by atoms with E-state index in [-0.39, 0.29) is 6.42 Å². The molecule has 0 saturated heterocycles. The van der Waals surface area contributed by atoms with E-state index in [4.69, 9.17) is 15.6 Å². The van der Waals surface area contributed by atoms with Gasteiger partial charge in [-0.05, 0) is 11.6 Å². The summed E-state index contributed by atoms with van der Waals surface area (Å²) in [5.74, 6) is -0.391. The molecule has 0 amide bonds. The maximum atomic E-state index is 10.7. The van der Waals surface area contributed by atoms with E-state index >= 15 is 0 Å². The van der Waals surface area contributed by atoms with Gasteiger partial charge in [0.1, 0.15) is 17.4 Å². The van der Waals surface area contributed by atoms with E-state index in [1.807, 2.05) is 6.07 Å². The quantitative estimate of drug-likeness (QED) is 0.717. The number of nitrogens with one attached hydrogen (secondary N) is 1. The summed E-state index contributed by atoms with van der Waals surface area (Å²) in [4.78, 5) is 17.8. The zero-order valence-corrected chi connectivity index (χ0v) is 9.30. The highest BCUT2D eigenvalue weighted by Crippen LogP contribution is 2.22. The van der Waals surface area contributed by atoms with E-state index in [1.54, 1.807) is 19.5 Å². The highest BCUT2D eigenvalue weighted by molar-refractivity contribution is 5.82. The molecule has 2 aromatic heterocycles. The van der Waals surface area contributed by atoms with Crippen LogP contribution in [0.3, 0.4) is 0 Å². The van der Waals surface area contributed by atoms with Gasteiger partial charge in [0.05, 0.1) is 13.3 Å². The largest absolute Gasteiger partial charge is 0.495 e.